The predicted octanol–water partition coefficient (Wildman–Crippen LogP) is 3.94. The van der Waals surface area contributed by atoms with Gasteiger partial charge in [-0.3, -0.25) is 0 Å². The number of nitrogens with one attached hydrogen (secondary N) is 1. The predicted molar refractivity (Wildman–Crippen MR) is 69.1 cm³/mol. The van der Waals surface area contributed by atoms with Crippen LogP contribution in [0.15, 0.2) is 28.7 Å². The topological polar surface area (TPSA) is 35.8 Å². The third-order valence-electron chi connectivity index (χ3n) is 3.46. The minimum absolute atomic E-state index is 0.367. The van der Waals surface area contributed by atoms with Gasteiger partial charge in [0, 0.05) is 10.2 Å². The molecule has 2 unspecified atom stereocenters. The Hall–Kier alpha value is -1.01. The van der Waals surface area contributed by atoms with Crippen molar-refractivity contribution < 1.29 is 0 Å². The summed E-state index contributed by atoms with van der Waals surface area (Å²) in [5, 5.41) is 12.8. The molecular formula is C13H15BrN2. The maximum absolute atomic E-state index is 9.38. The maximum Gasteiger partial charge on any atom is 0.127 e. The van der Waals surface area contributed by atoms with Crippen molar-refractivity contribution in [1.29, 1.82) is 5.26 Å². The van der Waals surface area contributed by atoms with Crippen LogP contribution in [-0.2, 0) is 0 Å². The molecule has 84 valence electrons. The van der Waals surface area contributed by atoms with Gasteiger partial charge in [-0.25, -0.2) is 0 Å². The van der Waals surface area contributed by atoms with Gasteiger partial charge in [-0.1, -0.05) is 22.9 Å². The fraction of sp³-hybridized carbons (Fsp3) is 0.462. The highest BCUT2D eigenvalue weighted by Crippen LogP contribution is 2.37. The van der Waals surface area contributed by atoms with Gasteiger partial charge in [0.05, 0.1) is 6.07 Å². The second-order valence-corrected chi connectivity index (χ2v) is 5.42. The number of benzene rings is 1. The molecule has 1 aromatic rings. The normalized spacial score (nSPS) is 28.7. The van der Waals surface area contributed by atoms with Crippen LogP contribution in [0.4, 0.5) is 5.69 Å². The summed E-state index contributed by atoms with van der Waals surface area (Å²) in [7, 11) is 0. The third kappa shape index (κ3) is 2.08. The molecule has 0 amide bonds. The van der Waals surface area contributed by atoms with Gasteiger partial charge >= 0.3 is 0 Å². The molecule has 0 bridgehead atoms. The Kier molecular flexibility index (Phi) is 3.20. The van der Waals surface area contributed by atoms with Gasteiger partial charge in [0.1, 0.15) is 5.54 Å². The van der Waals surface area contributed by atoms with E-state index in [-0.39, 0.29) is 5.54 Å². The van der Waals surface area contributed by atoms with Crippen LogP contribution in [0.3, 0.4) is 0 Å². The van der Waals surface area contributed by atoms with Crippen LogP contribution < -0.4 is 5.32 Å². The first-order chi connectivity index (χ1) is 7.66. The molecule has 0 radical (unpaired) electrons. The average Bonchev–Trinajstić information content (AvgIpc) is 2.64. The Bertz CT molecular complexity index is 407. The average molecular weight is 279 g/mol. The molecule has 2 atom stereocenters. The second kappa shape index (κ2) is 4.47. The van der Waals surface area contributed by atoms with Gasteiger partial charge in [-0.2, -0.15) is 5.26 Å². The zero-order valence-electron chi connectivity index (χ0n) is 9.33. The van der Waals surface area contributed by atoms with E-state index >= 15 is 0 Å². The van der Waals surface area contributed by atoms with Gasteiger partial charge in [-0.05, 0) is 49.4 Å². The Morgan fingerprint density at radius 2 is 2.12 bits per heavy atom. The first kappa shape index (κ1) is 11.5. The van der Waals surface area contributed by atoms with Crippen LogP contribution in [0.1, 0.15) is 26.2 Å². The van der Waals surface area contributed by atoms with Gasteiger partial charge in [0.2, 0.25) is 0 Å². The molecule has 1 aliphatic rings. The molecule has 3 heteroatoms. The molecule has 0 aliphatic heterocycles. The molecule has 1 aliphatic carbocycles. The maximum atomic E-state index is 9.38. The lowest BCUT2D eigenvalue weighted by Crippen LogP contribution is -2.39. The fourth-order valence-corrected chi connectivity index (χ4v) is 2.61. The van der Waals surface area contributed by atoms with Crippen LogP contribution in [0.25, 0.3) is 0 Å². The Balaban J connectivity index is 2.19. The van der Waals surface area contributed by atoms with Crippen LogP contribution in [-0.4, -0.2) is 5.54 Å². The fourth-order valence-electron chi connectivity index (χ4n) is 2.35. The molecule has 1 fully saturated rings. The van der Waals surface area contributed by atoms with Crippen molar-refractivity contribution in [3.05, 3.63) is 28.7 Å². The molecule has 2 rings (SSSR count). The molecule has 16 heavy (non-hydrogen) atoms. The summed E-state index contributed by atoms with van der Waals surface area (Å²) in [6.07, 6.45) is 3.22. The van der Waals surface area contributed by atoms with E-state index in [1.807, 2.05) is 24.3 Å². The first-order valence-corrected chi connectivity index (χ1v) is 6.40. The van der Waals surface area contributed by atoms with Crippen LogP contribution >= 0.6 is 15.9 Å². The second-order valence-electron chi connectivity index (χ2n) is 4.51. The van der Waals surface area contributed by atoms with Crippen LogP contribution in [0.5, 0.6) is 0 Å². The van der Waals surface area contributed by atoms with E-state index in [9.17, 15) is 5.26 Å². The number of hydrogen-bond acceptors (Lipinski definition) is 2. The summed E-state index contributed by atoms with van der Waals surface area (Å²) < 4.78 is 1.06. The Labute approximate surface area is 105 Å². The van der Waals surface area contributed by atoms with Crippen molar-refractivity contribution in [1.82, 2.24) is 0 Å². The lowest BCUT2D eigenvalue weighted by molar-refractivity contribution is 0.464. The van der Waals surface area contributed by atoms with Gasteiger partial charge < -0.3 is 5.32 Å². The molecule has 0 saturated heterocycles. The molecule has 1 N–H and O–H groups in total. The van der Waals surface area contributed by atoms with Crippen molar-refractivity contribution in [3.63, 3.8) is 0 Å². The Morgan fingerprint density at radius 1 is 1.44 bits per heavy atom. The van der Waals surface area contributed by atoms with Crippen molar-refractivity contribution in [2.75, 3.05) is 5.32 Å². The molecule has 0 heterocycles. The summed E-state index contributed by atoms with van der Waals surface area (Å²) in [4.78, 5) is 0. The lowest BCUT2D eigenvalue weighted by atomic mass is 9.89. The summed E-state index contributed by atoms with van der Waals surface area (Å²) in [6, 6.07) is 10.5. The summed E-state index contributed by atoms with van der Waals surface area (Å²) in [5.74, 6) is 0.418. The van der Waals surface area contributed by atoms with E-state index in [1.165, 1.54) is 0 Å². The van der Waals surface area contributed by atoms with Crippen LogP contribution in [0.2, 0.25) is 0 Å². The van der Waals surface area contributed by atoms with E-state index < -0.39 is 0 Å². The van der Waals surface area contributed by atoms with Gasteiger partial charge in [0.25, 0.3) is 0 Å². The molecule has 1 saturated carbocycles. The minimum Gasteiger partial charge on any atom is -0.367 e. The zero-order chi connectivity index (χ0) is 11.6. The lowest BCUT2D eigenvalue weighted by Gasteiger charge is -2.28. The highest BCUT2D eigenvalue weighted by molar-refractivity contribution is 9.10. The molecule has 2 nitrogen and oxygen atoms in total. The minimum atomic E-state index is -0.367. The zero-order valence-corrected chi connectivity index (χ0v) is 10.9. The monoisotopic (exact) mass is 278 g/mol. The third-order valence-corrected chi connectivity index (χ3v) is 3.99. The van der Waals surface area contributed by atoms with Crippen molar-refractivity contribution in [2.45, 2.75) is 31.7 Å². The number of rotatable bonds is 2. The SMILES string of the molecule is CC1CCCC1(C#N)Nc1ccc(Br)cc1. The van der Waals surface area contributed by atoms with E-state index in [4.69, 9.17) is 0 Å². The van der Waals surface area contributed by atoms with E-state index in [0.717, 1.165) is 29.4 Å². The molecule has 0 aromatic heterocycles. The van der Waals surface area contributed by atoms with Crippen molar-refractivity contribution in [3.8, 4) is 6.07 Å². The largest absolute Gasteiger partial charge is 0.367 e. The Morgan fingerprint density at radius 3 is 2.62 bits per heavy atom. The van der Waals surface area contributed by atoms with Crippen molar-refractivity contribution >= 4 is 21.6 Å². The summed E-state index contributed by atoms with van der Waals surface area (Å²) >= 11 is 3.41. The van der Waals surface area contributed by atoms with Crippen molar-refractivity contribution in [2.24, 2.45) is 5.92 Å². The van der Waals surface area contributed by atoms with Gasteiger partial charge in [-0.15, -0.1) is 0 Å². The standard InChI is InChI=1S/C13H15BrN2/c1-10-3-2-8-13(10,9-15)16-12-6-4-11(14)5-7-12/h4-7,10,16H,2-3,8H2,1H3. The number of anilines is 1. The summed E-state index contributed by atoms with van der Waals surface area (Å²) in [5.41, 5.74) is 0.659. The van der Waals surface area contributed by atoms with Gasteiger partial charge in [0.15, 0.2) is 0 Å². The molecule has 0 spiro atoms. The highest BCUT2D eigenvalue weighted by atomic mass is 79.9. The quantitative estimate of drug-likeness (QED) is 0.889. The number of hydrogen-bond donors (Lipinski definition) is 1. The molecular weight excluding hydrogens is 264 g/mol. The summed E-state index contributed by atoms with van der Waals surface area (Å²) in [6.45, 7) is 2.15. The molecule has 1 aromatic carbocycles. The van der Waals surface area contributed by atoms with Crippen LogP contribution in [0, 0.1) is 17.2 Å². The van der Waals surface area contributed by atoms with E-state index in [1.54, 1.807) is 0 Å². The van der Waals surface area contributed by atoms with E-state index in [0.29, 0.717) is 5.92 Å². The number of halogens is 1. The highest BCUT2D eigenvalue weighted by Gasteiger charge is 2.40. The number of nitriles is 1. The first-order valence-electron chi connectivity index (χ1n) is 5.61. The van der Waals surface area contributed by atoms with E-state index in [2.05, 4.69) is 34.2 Å². The number of nitrogens with zero attached hydrogens (tertiary/aromatic N) is 1. The smallest absolute Gasteiger partial charge is 0.127 e.